The SMILES string of the molecule is Oc1ccc(OCC2CC=C(c3ccc(-c4ccc(O)c(F)c4F)cc3F)CC2)c(F)c1F. The largest absolute Gasteiger partial charge is 0.505 e. The van der Waals surface area contributed by atoms with Gasteiger partial charge in [-0.25, -0.2) is 8.78 Å². The van der Waals surface area contributed by atoms with Crippen molar-refractivity contribution in [2.75, 3.05) is 6.61 Å². The van der Waals surface area contributed by atoms with Crippen LogP contribution in [-0.4, -0.2) is 16.8 Å². The highest BCUT2D eigenvalue weighted by molar-refractivity contribution is 5.72. The van der Waals surface area contributed by atoms with E-state index in [1.54, 1.807) is 0 Å². The molecule has 1 aliphatic rings. The average molecular weight is 462 g/mol. The molecule has 33 heavy (non-hydrogen) atoms. The van der Waals surface area contributed by atoms with Crippen LogP contribution in [-0.2, 0) is 0 Å². The smallest absolute Gasteiger partial charge is 0.204 e. The standard InChI is InChI=1S/C25H19F5O3/c26-18-11-15(17-7-8-19(31)23(28)22(17)27)5-6-16(18)14-3-1-13(2-4-14)12-33-21-10-9-20(32)24(29)25(21)30/h3,5-11,13,31-32H,1-2,4,12H2. The Bertz CT molecular complexity index is 1240. The van der Waals surface area contributed by atoms with Gasteiger partial charge >= 0.3 is 0 Å². The molecule has 1 unspecified atom stereocenters. The molecule has 0 saturated heterocycles. The van der Waals surface area contributed by atoms with Crippen LogP contribution in [0.5, 0.6) is 17.2 Å². The maximum Gasteiger partial charge on any atom is 0.204 e. The normalized spacial score (nSPS) is 15.9. The van der Waals surface area contributed by atoms with Crippen LogP contribution in [0.4, 0.5) is 22.0 Å². The molecule has 172 valence electrons. The first-order valence-corrected chi connectivity index (χ1v) is 10.2. The summed E-state index contributed by atoms with van der Waals surface area (Å²) in [7, 11) is 0. The summed E-state index contributed by atoms with van der Waals surface area (Å²) >= 11 is 0. The molecular weight excluding hydrogens is 443 g/mol. The number of aromatic hydroxyl groups is 2. The van der Waals surface area contributed by atoms with Gasteiger partial charge in [0.25, 0.3) is 0 Å². The van der Waals surface area contributed by atoms with E-state index in [-0.39, 0.29) is 29.4 Å². The van der Waals surface area contributed by atoms with Gasteiger partial charge in [0.05, 0.1) is 6.61 Å². The van der Waals surface area contributed by atoms with Crippen molar-refractivity contribution >= 4 is 5.57 Å². The number of halogens is 5. The maximum atomic E-state index is 14.8. The summed E-state index contributed by atoms with van der Waals surface area (Å²) < 4.78 is 75.1. The second-order valence-corrected chi connectivity index (χ2v) is 7.85. The van der Waals surface area contributed by atoms with Crippen molar-refractivity contribution in [1.82, 2.24) is 0 Å². The fourth-order valence-electron chi connectivity index (χ4n) is 3.83. The van der Waals surface area contributed by atoms with Crippen LogP contribution in [0, 0.1) is 35.0 Å². The fraction of sp³-hybridized carbons (Fsp3) is 0.200. The number of benzene rings is 3. The molecular formula is C25H19F5O3. The third kappa shape index (κ3) is 4.51. The van der Waals surface area contributed by atoms with Crippen molar-refractivity contribution in [3.63, 3.8) is 0 Å². The minimum Gasteiger partial charge on any atom is -0.505 e. The quantitative estimate of drug-likeness (QED) is 0.414. The van der Waals surface area contributed by atoms with Crippen molar-refractivity contribution in [3.8, 4) is 28.4 Å². The van der Waals surface area contributed by atoms with Crippen LogP contribution in [0.3, 0.4) is 0 Å². The number of hydrogen-bond acceptors (Lipinski definition) is 3. The third-order valence-electron chi connectivity index (χ3n) is 5.71. The van der Waals surface area contributed by atoms with Crippen LogP contribution >= 0.6 is 0 Å². The van der Waals surface area contributed by atoms with Gasteiger partial charge in [-0.15, -0.1) is 0 Å². The Morgan fingerprint density at radius 1 is 0.788 bits per heavy atom. The van der Waals surface area contributed by atoms with E-state index < -0.39 is 40.6 Å². The number of phenolic OH excluding ortho intramolecular Hbond substituents is 2. The third-order valence-corrected chi connectivity index (χ3v) is 5.71. The molecule has 4 rings (SSSR count). The summed E-state index contributed by atoms with van der Waals surface area (Å²) in [4.78, 5) is 0. The summed E-state index contributed by atoms with van der Waals surface area (Å²) in [6.07, 6.45) is 3.49. The van der Waals surface area contributed by atoms with Gasteiger partial charge in [0.2, 0.25) is 17.5 Å². The molecule has 0 aromatic heterocycles. The minimum absolute atomic E-state index is 0.00131. The molecule has 1 atom stereocenters. The first-order chi connectivity index (χ1) is 15.8. The predicted octanol–water partition coefficient (Wildman–Crippen LogP) is 6.72. The van der Waals surface area contributed by atoms with E-state index in [0.717, 1.165) is 29.8 Å². The first kappa shape index (κ1) is 22.6. The van der Waals surface area contributed by atoms with Crippen LogP contribution in [0.25, 0.3) is 16.7 Å². The van der Waals surface area contributed by atoms with E-state index in [2.05, 4.69) is 0 Å². The zero-order valence-electron chi connectivity index (χ0n) is 17.2. The number of ether oxygens (including phenoxy) is 1. The van der Waals surface area contributed by atoms with Crippen molar-refractivity contribution in [2.24, 2.45) is 5.92 Å². The summed E-state index contributed by atoms with van der Waals surface area (Å²) in [6.45, 7) is 0.123. The Hall–Kier alpha value is -3.55. The summed E-state index contributed by atoms with van der Waals surface area (Å²) in [5, 5.41) is 18.4. The highest BCUT2D eigenvalue weighted by atomic mass is 19.2. The van der Waals surface area contributed by atoms with Gasteiger partial charge in [-0.3, -0.25) is 0 Å². The highest BCUT2D eigenvalue weighted by Gasteiger charge is 2.21. The van der Waals surface area contributed by atoms with Crippen molar-refractivity contribution < 1.29 is 36.9 Å². The molecule has 0 radical (unpaired) electrons. The minimum atomic E-state index is -1.39. The van der Waals surface area contributed by atoms with Gasteiger partial charge in [-0.1, -0.05) is 18.2 Å². The number of phenols is 2. The molecule has 0 heterocycles. The zero-order valence-corrected chi connectivity index (χ0v) is 17.2. The van der Waals surface area contributed by atoms with Gasteiger partial charge in [-0.05, 0) is 66.6 Å². The molecule has 3 nitrogen and oxygen atoms in total. The molecule has 0 fully saturated rings. The lowest BCUT2D eigenvalue weighted by Gasteiger charge is -2.23. The lowest BCUT2D eigenvalue weighted by Crippen LogP contribution is -2.15. The highest BCUT2D eigenvalue weighted by Crippen LogP contribution is 2.35. The molecule has 1 aliphatic carbocycles. The molecule has 0 bridgehead atoms. The summed E-state index contributed by atoms with van der Waals surface area (Å²) in [5.41, 5.74) is 1.06. The van der Waals surface area contributed by atoms with Crippen LogP contribution in [0.1, 0.15) is 24.8 Å². The van der Waals surface area contributed by atoms with Gasteiger partial charge < -0.3 is 14.9 Å². The Balaban J connectivity index is 1.45. The van der Waals surface area contributed by atoms with Gasteiger partial charge in [-0.2, -0.15) is 13.2 Å². The molecule has 8 heteroatoms. The molecule has 0 saturated carbocycles. The van der Waals surface area contributed by atoms with Crippen LogP contribution in [0.15, 0.2) is 48.5 Å². The van der Waals surface area contributed by atoms with E-state index in [0.29, 0.717) is 24.8 Å². The molecule has 3 aromatic rings. The van der Waals surface area contributed by atoms with Crippen molar-refractivity contribution in [3.05, 3.63) is 83.2 Å². The Kier molecular flexibility index (Phi) is 6.26. The second-order valence-electron chi connectivity index (χ2n) is 7.85. The monoisotopic (exact) mass is 462 g/mol. The van der Waals surface area contributed by atoms with E-state index in [1.807, 2.05) is 6.08 Å². The van der Waals surface area contributed by atoms with E-state index in [9.17, 15) is 27.1 Å². The number of hydrogen-bond donors (Lipinski definition) is 2. The van der Waals surface area contributed by atoms with Crippen molar-refractivity contribution in [2.45, 2.75) is 19.3 Å². The van der Waals surface area contributed by atoms with E-state index >= 15 is 0 Å². The molecule has 2 N–H and O–H groups in total. The molecule has 0 amide bonds. The summed E-state index contributed by atoms with van der Waals surface area (Å²) in [6, 6.07) is 8.43. The lowest BCUT2D eigenvalue weighted by molar-refractivity contribution is 0.227. The first-order valence-electron chi connectivity index (χ1n) is 10.2. The van der Waals surface area contributed by atoms with Crippen LogP contribution in [0.2, 0.25) is 0 Å². The van der Waals surface area contributed by atoms with E-state index in [1.165, 1.54) is 18.2 Å². The molecule has 0 aliphatic heterocycles. The zero-order chi connectivity index (χ0) is 23.7. The molecule has 0 spiro atoms. The number of allylic oxidation sites excluding steroid dienone is 2. The topological polar surface area (TPSA) is 49.7 Å². The second kappa shape index (κ2) is 9.13. The maximum absolute atomic E-state index is 14.8. The number of rotatable bonds is 5. The fourth-order valence-corrected chi connectivity index (χ4v) is 3.83. The van der Waals surface area contributed by atoms with Crippen molar-refractivity contribution in [1.29, 1.82) is 0 Å². The van der Waals surface area contributed by atoms with Gasteiger partial charge in [0.15, 0.2) is 23.1 Å². The van der Waals surface area contributed by atoms with E-state index in [4.69, 9.17) is 9.84 Å². The van der Waals surface area contributed by atoms with Gasteiger partial charge in [0, 0.05) is 11.1 Å². The Morgan fingerprint density at radius 3 is 2.12 bits per heavy atom. The summed E-state index contributed by atoms with van der Waals surface area (Å²) in [5.74, 6) is -7.78. The average Bonchev–Trinajstić information content (AvgIpc) is 2.81. The molecule has 3 aromatic carbocycles. The Morgan fingerprint density at radius 2 is 1.45 bits per heavy atom. The van der Waals surface area contributed by atoms with Crippen LogP contribution < -0.4 is 4.74 Å². The van der Waals surface area contributed by atoms with Gasteiger partial charge in [0.1, 0.15) is 5.82 Å². The lowest BCUT2D eigenvalue weighted by atomic mass is 9.86. The Labute approximate surface area is 186 Å². The predicted molar refractivity (Wildman–Crippen MR) is 112 cm³/mol.